The van der Waals surface area contributed by atoms with Crippen LogP contribution in [0.3, 0.4) is 0 Å². The van der Waals surface area contributed by atoms with E-state index in [0.29, 0.717) is 0 Å². The van der Waals surface area contributed by atoms with Gasteiger partial charge in [-0.05, 0) is 38.8 Å². The van der Waals surface area contributed by atoms with Gasteiger partial charge in [0, 0.05) is 17.8 Å². The Morgan fingerprint density at radius 1 is 1.32 bits per heavy atom. The number of aliphatic hydroxyl groups is 1. The average molecular weight is 343 g/mol. The molecule has 0 spiro atoms. The minimum atomic E-state index is -0.900. The first-order valence-electron chi connectivity index (χ1n) is 8.85. The molecule has 2 rings (SSSR count). The Morgan fingerprint density at radius 2 is 1.96 bits per heavy atom. The Morgan fingerprint density at radius 3 is 2.56 bits per heavy atom. The fraction of sp³-hybridized carbons (Fsp3) is 0.500. The average Bonchev–Trinajstić information content (AvgIpc) is 2.88. The van der Waals surface area contributed by atoms with Gasteiger partial charge in [0.05, 0.1) is 23.4 Å². The zero-order chi connectivity index (χ0) is 18.6. The van der Waals surface area contributed by atoms with E-state index in [0.717, 1.165) is 29.1 Å². The van der Waals surface area contributed by atoms with Gasteiger partial charge in [-0.3, -0.25) is 4.79 Å². The molecule has 0 bridgehead atoms. The van der Waals surface area contributed by atoms with Crippen molar-refractivity contribution in [3.63, 3.8) is 0 Å². The first kappa shape index (κ1) is 19.2. The van der Waals surface area contributed by atoms with Crippen molar-refractivity contribution in [3.8, 4) is 5.69 Å². The van der Waals surface area contributed by atoms with Gasteiger partial charge < -0.3 is 10.4 Å². The Kier molecular flexibility index (Phi) is 6.01. The van der Waals surface area contributed by atoms with Crippen molar-refractivity contribution in [2.24, 2.45) is 5.92 Å². The van der Waals surface area contributed by atoms with E-state index in [1.165, 1.54) is 0 Å². The highest BCUT2D eigenvalue weighted by Crippen LogP contribution is 2.20. The molecule has 2 N–H and O–H groups in total. The zero-order valence-electron chi connectivity index (χ0n) is 15.8. The fourth-order valence-electron chi connectivity index (χ4n) is 2.87. The van der Waals surface area contributed by atoms with E-state index in [4.69, 9.17) is 0 Å². The van der Waals surface area contributed by atoms with Gasteiger partial charge in [-0.15, -0.1) is 0 Å². The maximum absolute atomic E-state index is 12.4. The van der Waals surface area contributed by atoms with Crippen LogP contribution < -0.4 is 5.32 Å². The summed E-state index contributed by atoms with van der Waals surface area (Å²) < 4.78 is 1.87. The van der Waals surface area contributed by atoms with Crippen LogP contribution in [0.4, 0.5) is 0 Å². The predicted octanol–water partition coefficient (Wildman–Crippen LogP) is 2.94. The molecule has 25 heavy (non-hydrogen) atoms. The minimum absolute atomic E-state index is 0.0950. The van der Waals surface area contributed by atoms with E-state index in [1.807, 2.05) is 62.7 Å². The first-order valence-corrected chi connectivity index (χ1v) is 8.85. The van der Waals surface area contributed by atoms with Gasteiger partial charge >= 0.3 is 0 Å². The predicted molar refractivity (Wildman–Crippen MR) is 99.8 cm³/mol. The van der Waals surface area contributed by atoms with Crippen LogP contribution in [0.5, 0.6) is 0 Å². The van der Waals surface area contributed by atoms with Crippen LogP contribution >= 0.6 is 0 Å². The monoisotopic (exact) mass is 343 g/mol. The summed E-state index contributed by atoms with van der Waals surface area (Å²) in [6, 6.07) is 9.89. The molecule has 5 heteroatoms. The summed E-state index contributed by atoms with van der Waals surface area (Å²) in [4.78, 5) is 12.4. The lowest BCUT2D eigenvalue weighted by atomic mass is 9.88. The largest absolute Gasteiger partial charge is 0.388 e. The molecule has 0 saturated carbocycles. The highest BCUT2D eigenvalue weighted by atomic mass is 16.3. The summed E-state index contributed by atoms with van der Waals surface area (Å²) in [5, 5.41) is 17.9. The van der Waals surface area contributed by atoms with Gasteiger partial charge in [-0.25, -0.2) is 4.68 Å². The molecule has 0 aliphatic carbocycles. The number of rotatable bonds is 7. The Bertz CT molecular complexity index is 720. The van der Waals surface area contributed by atoms with E-state index in [2.05, 4.69) is 10.4 Å². The van der Waals surface area contributed by atoms with Crippen molar-refractivity contribution in [1.29, 1.82) is 0 Å². The Balaban J connectivity index is 2.08. The number of amides is 1. The van der Waals surface area contributed by atoms with Crippen LogP contribution in [0.15, 0.2) is 30.3 Å². The highest BCUT2D eigenvalue weighted by molar-refractivity contribution is 5.79. The van der Waals surface area contributed by atoms with Crippen LogP contribution in [0.1, 0.15) is 44.1 Å². The van der Waals surface area contributed by atoms with Crippen molar-refractivity contribution < 1.29 is 9.90 Å². The minimum Gasteiger partial charge on any atom is -0.388 e. The van der Waals surface area contributed by atoms with Gasteiger partial charge in [-0.2, -0.15) is 5.10 Å². The van der Waals surface area contributed by atoms with Crippen LogP contribution in [-0.4, -0.2) is 32.9 Å². The highest BCUT2D eigenvalue weighted by Gasteiger charge is 2.27. The van der Waals surface area contributed by atoms with E-state index >= 15 is 0 Å². The molecular weight excluding hydrogens is 314 g/mol. The quantitative estimate of drug-likeness (QED) is 0.812. The van der Waals surface area contributed by atoms with E-state index < -0.39 is 5.60 Å². The number of para-hydroxylation sites is 1. The lowest BCUT2D eigenvalue weighted by Gasteiger charge is -2.29. The van der Waals surface area contributed by atoms with Crippen LogP contribution in [0.2, 0.25) is 0 Å². The smallest absolute Gasteiger partial charge is 0.224 e. The maximum Gasteiger partial charge on any atom is 0.224 e. The van der Waals surface area contributed by atoms with E-state index in [1.54, 1.807) is 6.92 Å². The fourth-order valence-corrected chi connectivity index (χ4v) is 2.87. The van der Waals surface area contributed by atoms with Crippen molar-refractivity contribution >= 4 is 5.91 Å². The number of aryl methyl sites for hydroxylation is 1. The number of nitrogens with zero attached hydrogens (tertiary/aromatic N) is 2. The number of carbonyl (C=O) groups is 1. The molecule has 2 aromatic rings. The zero-order valence-corrected chi connectivity index (χ0v) is 15.8. The standard InChI is InChI=1S/C20H29N3O2/c1-6-14(2)20(5,25)13-21-19(24)12-18-15(3)22-23(16(18)4)17-10-8-7-9-11-17/h7-11,14,25H,6,12-13H2,1-5H3,(H,21,24). The lowest BCUT2D eigenvalue weighted by Crippen LogP contribution is -2.45. The lowest BCUT2D eigenvalue weighted by molar-refractivity contribution is -0.122. The van der Waals surface area contributed by atoms with Gasteiger partial charge in [0.2, 0.25) is 5.91 Å². The van der Waals surface area contributed by atoms with Gasteiger partial charge in [0.15, 0.2) is 0 Å². The first-order chi connectivity index (χ1) is 11.8. The molecule has 0 aliphatic heterocycles. The summed E-state index contributed by atoms with van der Waals surface area (Å²) in [6.07, 6.45) is 1.13. The van der Waals surface area contributed by atoms with Crippen LogP contribution in [0.25, 0.3) is 5.69 Å². The van der Waals surface area contributed by atoms with Gasteiger partial charge in [0.25, 0.3) is 0 Å². The second-order valence-electron chi connectivity index (χ2n) is 7.02. The number of nitrogens with one attached hydrogen (secondary N) is 1. The second-order valence-corrected chi connectivity index (χ2v) is 7.02. The molecule has 1 heterocycles. The number of carbonyl (C=O) groups excluding carboxylic acids is 1. The summed E-state index contributed by atoms with van der Waals surface area (Å²) >= 11 is 0. The van der Waals surface area contributed by atoms with Crippen LogP contribution in [-0.2, 0) is 11.2 Å². The number of hydrogen-bond acceptors (Lipinski definition) is 3. The molecule has 136 valence electrons. The molecule has 1 aromatic heterocycles. The third-order valence-electron chi connectivity index (χ3n) is 5.10. The van der Waals surface area contributed by atoms with Crippen molar-refractivity contribution in [2.45, 2.75) is 53.1 Å². The third-order valence-corrected chi connectivity index (χ3v) is 5.10. The molecule has 1 amide bonds. The molecule has 2 atom stereocenters. The summed E-state index contributed by atoms with van der Waals surface area (Å²) in [6.45, 7) is 9.95. The molecule has 0 aliphatic rings. The molecule has 1 aromatic carbocycles. The number of aromatic nitrogens is 2. The Labute approximate surface area is 150 Å². The SMILES string of the molecule is CCC(C)C(C)(O)CNC(=O)Cc1c(C)nn(-c2ccccc2)c1C. The molecular formula is C20H29N3O2. The van der Waals surface area contributed by atoms with Gasteiger partial charge in [0.1, 0.15) is 0 Å². The van der Waals surface area contributed by atoms with E-state index in [-0.39, 0.29) is 24.8 Å². The van der Waals surface area contributed by atoms with Crippen molar-refractivity contribution in [1.82, 2.24) is 15.1 Å². The van der Waals surface area contributed by atoms with Gasteiger partial charge in [-0.1, -0.05) is 38.5 Å². The molecule has 0 saturated heterocycles. The van der Waals surface area contributed by atoms with Crippen LogP contribution in [0, 0.1) is 19.8 Å². The molecule has 0 radical (unpaired) electrons. The Hall–Kier alpha value is -2.14. The van der Waals surface area contributed by atoms with Crippen molar-refractivity contribution in [2.75, 3.05) is 6.54 Å². The molecule has 0 fully saturated rings. The normalized spacial score (nSPS) is 14.8. The second kappa shape index (κ2) is 7.83. The number of hydrogen-bond donors (Lipinski definition) is 2. The molecule has 2 unspecified atom stereocenters. The number of benzene rings is 1. The maximum atomic E-state index is 12.4. The summed E-state index contributed by atoms with van der Waals surface area (Å²) in [5.41, 5.74) is 2.83. The van der Waals surface area contributed by atoms with Crippen molar-refractivity contribution in [3.05, 3.63) is 47.3 Å². The third kappa shape index (κ3) is 4.48. The molecule has 5 nitrogen and oxygen atoms in total. The summed E-state index contributed by atoms with van der Waals surface area (Å²) in [5.74, 6) is 0.0273. The summed E-state index contributed by atoms with van der Waals surface area (Å²) in [7, 11) is 0. The topological polar surface area (TPSA) is 67.2 Å². The van der Waals surface area contributed by atoms with E-state index in [9.17, 15) is 9.90 Å².